The highest BCUT2D eigenvalue weighted by Crippen LogP contribution is 2.27. The van der Waals surface area contributed by atoms with Crippen molar-refractivity contribution in [3.8, 4) is 5.75 Å². The van der Waals surface area contributed by atoms with Crippen molar-refractivity contribution in [3.63, 3.8) is 0 Å². The Morgan fingerprint density at radius 3 is 2.56 bits per heavy atom. The molecule has 0 atom stereocenters. The third-order valence-corrected chi connectivity index (χ3v) is 2.64. The van der Waals surface area contributed by atoms with E-state index in [1.165, 1.54) is 0 Å². The highest BCUT2D eigenvalue weighted by molar-refractivity contribution is 5.56. The summed E-state index contributed by atoms with van der Waals surface area (Å²) in [6, 6.07) is 3.93. The van der Waals surface area contributed by atoms with E-state index >= 15 is 0 Å². The van der Waals surface area contributed by atoms with Gasteiger partial charge in [0.05, 0.1) is 6.61 Å². The molecule has 0 aliphatic rings. The average molecular weight is 222 g/mol. The van der Waals surface area contributed by atoms with Crippen molar-refractivity contribution in [1.29, 1.82) is 0 Å². The summed E-state index contributed by atoms with van der Waals surface area (Å²) < 4.78 is 5.79. The molecule has 2 N–H and O–H groups in total. The van der Waals surface area contributed by atoms with Crippen molar-refractivity contribution < 1.29 is 4.74 Å². The number of nitrogens with two attached hydrogens (primary N) is 1. The lowest BCUT2D eigenvalue weighted by atomic mass is 10.1. The van der Waals surface area contributed by atoms with Crippen LogP contribution in [0, 0.1) is 13.8 Å². The lowest BCUT2D eigenvalue weighted by Crippen LogP contribution is -2.16. The minimum Gasteiger partial charge on any atom is -0.493 e. The van der Waals surface area contributed by atoms with E-state index < -0.39 is 0 Å². The zero-order chi connectivity index (χ0) is 12.1. The third kappa shape index (κ3) is 3.42. The highest BCUT2D eigenvalue weighted by atomic mass is 16.5. The minimum atomic E-state index is 0.739. The van der Waals surface area contributed by atoms with Crippen molar-refractivity contribution in [2.24, 2.45) is 0 Å². The molecule has 0 bridgehead atoms. The van der Waals surface area contributed by atoms with Gasteiger partial charge < -0.3 is 15.4 Å². The first-order valence-corrected chi connectivity index (χ1v) is 5.65. The number of hydrogen-bond acceptors (Lipinski definition) is 3. The Morgan fingerprint density at radius 2 is 1.94 bits per heavy atom. The highest BCUT2D eigenvalue weighted by Gasteiger charge is 2.06. The van der Waals surface area contributed by atoms with Gasteiger partial charge in [0.1, 0.15) is 5.75 Å². The van der Waals surface area contributed by atoms with Crippen LogP contribution in [0.1, 0.15) is 17.5 Å². The molecule has 0 aliphatic heterocycles. The maximum absolute atomic E-state index is 5.85. The summed E-state index contributed by atoms with van der Waals surface area (Å²) in [5.74, 6) is 0.943. The quantitative estimate of drug-likeness (QED) is 0.613. The number of nitrogen functional groups attached to an aromatic ring is 1. The van der Waals surface area contributed by atoms with Crippen LogP contribution in [0.15, 0.2) is 12.1 Å². The van der Waals surface area contributed by atoms with Crippen LogP contribution in [0.5, 0.6) is 5.75 Å². The van der Waals surface area contributed by atoms with E-state index in [1.54, 1.807) is 0 Å². The molecule has 0 spiro atoms. The molecular weight excluding hydrogens is 200 g/mol. The molecule has 0 saturated carbocycles. The summed E-state index contributed by atoms with van der Waals surface area (Å²) >= 11 is 0. The normalized spacial score (nSPS) is 10.8. The predicted octanol–water partition coefficient (Wildman–Crippen LogP) is 2.22. The van der Waals surface area contributed by atoms with Crippen LogP contribution in [-0.4, -0.2) is 32.1 Å². The summed E-state index contributed by atoms with van der Waals surface area (Å²) in [6.07, 6.45) is 1.03. The lowest BCUT2D eigenvalue weighted by Gasteiger charge is -2.15. The second kappa shape index (κ2) is 5.75. The largest absolute Gasteiger partial charge is 0.493 e. The standard InChI is InChI=1S/C13H22N2O/c1-10-6-7-12(14)11(2)13(10)16-9-5-8-15(3)4/h6-7H,5,8-9,14H2,1-4H3. The Hall–Kier alpha value is -1.22. The van der Waals surface area contributed by atoms with E-state index in [2.05, 4.69) is 19.0 Å². The van der Waals surface area contributed by atoms with Crippen LogP contribution in [0.3, 0.4) is 0 Å². The zero-order valence-electron chi connectivity index (χ0n) is 10.7. The molecule has 0 aliphatic carbocycles. The van der Waals surface area contributed by atoms with E-state index in [-0.39, 0.29) is 0 Å². The molecule has 0 heterocycles. The summed E-state index contributed by atoms with van der Waals surface area (Å²) in [5.41, 5.74) is 8.85. The number of benzene rings is 1. The van der Waals surface area contributed by atoms with Crippen LogP contribution in [0.2, 0.25) is 0 Å². The second-order valence-electron chi connectivity index (χ2n) is 4.43. The molecule has 16 heavy (non-hydrogen) atoms. The summed E-state index contributed by atoms with van der Waals surface area (Å²) in [7, 11) is 4.13. The monoisotopic (exact) mass is 222 g/mol. The van der Waals surface area contributed by atoms with E-state index in [0.29, 0.717) is 0 Å². The van der Waals surface area contributed by atoms with Crippen LogP contribution in [-0.2, 0) is 0 Å². The maximum Gasteiger partial charge on any atom is 0.127 e. The first-order valence-electron chi connectivity index (χ1n) is 5.65. The lowest BCUT2D eigenvalue weighted by molar-refractivity contribution is 0.279. The fourth-order valence-electron chi connectivity index (χ4n) is 1.62. The SMILES string of the molecule is Cc1ccc(N)c(C)c1OCCCN(C)C. The Kier molecular flexibility index (Phi) is 4.62. The first-order chi connectivity index (χ1) is 7.52. The van der Waals surface area contributed by atoms with Gasteiger partial charge >= 0.3 is 0 Å². The summed E-state index contributed by atoms with van der Waals surface area (Å²) in [5, 5.41) is 0. The average Bonchev–Trinajstić information content (AvgIpc) is 2.22. The van der Waals surface area contributed by atoms with Crippen LogP contribution < -0.4 is 10.5 Å². The Morgan fingerprint density at radius 1 is 1.25 bits per heavy atom. The zero-order valence-corrected chi connectivity index (χ0v) is 10.7. The Labute approximate surface area is 98.2 Å². The van der Waals surface area contributed by atoms with E-state index in [1.807, 2.05) is 26.0 Å². The number of hydrogen-bond donors (Lipinski definition) is 1. The van der Waals surface area contributed by atoms with Gasteiger partial charge in [-0.1, -0.05) is 6.07 Å². The van der Waals surface area contributed by atoms with Crippen molar-refractivity contribution in [2.45, 2.75) is 20.3 Å². The van der Waals surface area contributed by atoms with Gasteiger partial charge in [-0.25, -0.2) is 0 Å². The van der Waals surface area contributed by atoms with Gasteiger partial charge in [-0.3, -0.25) is 0 Å². The fourth-order valence-corrected chi connectivity index (χ4v) is 1.62. The maximum atomic E-state index is 5.85. The Bertz CT molecular complexity index is 348. The first kappa shape index (κ1) is 12.8. The van der Waals surface area contributed by atoms with Gasteiger partial charge in [-0.05, 0) is 46.0 Å². The molecule has 0 saturated heterocycles. The molecular formula is C13H22N2O. The van der Waals surface area contributed by atoms with Gasteiger partial charge in [-0.2, -0.15) is 0 Å². The van der Waals surface area contributed by atoms with Crippen LogP contribution in [0.25, 0.3) is 0 Å². The molecule has 3 nitrogen and oxygen atoms in total. The van der Waals surface area contributed by atoms with Gasteiger partial charge in [-0.15, -0.1) is 0 Å². The third-order valence-electron chi connectivity index (χ3n) is 2.64. The van der Waals surface area contributed by atoms with Crippen LogP contribution in [0.4, 0.5) is 5.69 Å². The molecule has 1 rings (SSSR count). The number of nitrogens with zero attached hydrogens (tertiary/aromatic N) is 1. The van der Waals surface area contributed by atoms with Crippen LogP contribution >= 0.6 is 0 Å². The predicted molar refractivity (Wildman–Crippen MR) is 69.0 cm³/mol. The Balaban J connectivity index is 2.56. The van der Waals surface area contributed by atoms with Crippen molar-refractivity contribution in [1.82, 2.24) is 4.90 Å². The second-order valence-corrected chi connectivity index (χ2v) is 4.43. The minimum absolute atomic E-state index is 0.739. The smallest absolute Gasteiger partial charge is 0.127 e. The molecule has 1 aromatic rings. The van der Waals surface area contributed by atoms with Gasteiger partial charge in [0.15, 0.2) is 0 Å². The van der Waals surface area contributed by atoms with Gasteiger partial charge in [0, 0.05) is 17.8 Å². The van der Waals surface area contributed by atoms with Gasteiger partial charge in [0.2, 0.25) is 0 Å². The molecule has 0 fully saturated rings. The van der Waals surface area contributed by atoms with E-state index in [9.17, 15) is 0 Å². The molecule has 3 heteroatoms. The van der Waals surface area contributed by atoms with Gasteiger partial charge in [0.25, 0.3) is 0 Å². The topological polar surface area (TPSA) is 38.5 Å². The van der Waals surface area contributed by atoms with E-state index in [0.717, 1.165) is 42.1 Å². The fraction of sp³-hybridized carbons (Fsp3) is 0.538. The molecule has 1 aromatic carbocycles. The molecule has 0 radical (unpaired) electrons. The summed E-state index contributed by atoms with van der Waals surface area (Å²) in [6.45, 7) is 5.83. The number of anilines is 1. The molecule has 0 unspecified atom stereocenters. The summed E-state index contributed by atoms with van der Waals surface area (Å²) in [4.78, 5) is 2.16. The van der Waals surface area contributed by atoms with Crippen molar-refractivity contribution in [3.05, 3.63) is 23.3 Å². The number of rotatable bonds is 5. The molecule has 90 valence electrons. The molecule has 0 aromatic heterocycles. The number of ether oxygens (including phenoxy) is 1. The van der Waals surface area contributed by atoms with Crippen molar-refractivity contribution >= 4 is 5.69 Å². The van der Waals surface area contributed by atoms with E-state index in [4.69, 9.17) is 10.5 Å². The molecule has 0 amide bonds. The van der Waals surface area contributed by atoms with Crippen molar-refractivity contribution in [2.75, 3.05) is 33.0 Å². The number of aryl methyl sites for hydroxylation is 1.